The van der Waals surface area contributed by atoms with Gasteiger partial charge < -0.3 is 13.9 Å². The highest BCUT2D eigenvalue weighted by atomic mass is 19.3. The molecule has 0 saturated heterocycles. The normalized spacial score (nSPS) is 13.7. The number of aliphatic imine (C=N–C) groups is 1. The van der Waals surface area contributed by atoms with Gasteiger partial charge >= 0.3 is 5.76 Å². The molecule has 156 valence electrons. The van der Waals surface area contributed by atoms with Gasteiger partial charge in [0.2, 0.25) is 5.89 Å². The zero-order chi connectivity index (χ0) is 21.5. The Morgan fingerprint density at radius 1 is 1.23 bits per heavy atom. The summed E-state index contributed by atoms with van der Waals surface area (Å²) in [6, 6.07) is 6.03. The van der Waals surface area contributed by atoms with Crippen LogP contribution in [0.5, 0.6) is 0 Å². The van der Waals surface area contributed by atoms with Crippen LogP contribution in [0.2, 0.25) is 0 Å². The molecule has 0 aliphatic carbocycles. The molecular formula is C20H20F2N6O2. The first-order valence-corrected chi connectivity index (χ1v) is 9.28. The Morgan fingerprint density at radius 3 is 2.67 bits per heavy atom. The van der Waals surface area contributed by atoms with Gasteiger partial charge in [-0.1, -0.05) is 30.8 Å². The standard InChI is InChI=1S/C20H20F2N6O2/c1-13-17-18(23-11-26(17)3)24-12-27(13)10-16-25-28(19(29)30-16)9-8-14-4-6-15(7-5-14)20(2,21)22/h4-7,11-12H,1,8-10H2,2-3H3. The van der Waals surface area contributed by atoms with Crippen molar-refractivity contribution in [2.75, 3.05) is 0 Å². The van der Waals surface area contributed by atoms with Gasteiger partial charge in [-0.25, -0.2) is 23.6 Å². The number of halogens is 2. The van der Waals surface area contributed by atoms with E-state index >= 15 is 0 Å². The Hall–Kier alpha value is -3.56. The highest BCUT2D eigenvalue weighted by Crippen LogP contribution is 2.30. The van der Waals surface area contributed by atoms with E-state index in [1.165, 1.54) is 16.8 Å². The first-order valence-electron chi connectivity index (χ1n) is 9.28. The second kappa shape index (κ2) is 7.36. The second-order valence-corrected chi connectivity index (χ2v) is 7.17. The van der Waals surface area contributed by atoms with E-state index in [9.17, 15) is 13.6 Å². The molecule has 0 N–H and O–H groups in total. The molecule has 8 nitrogen and oxygen atoms in total. The maximum atomic E-state index is 13.3. The van der Waals surface area contributed by atoms with Gasteiger partial charge in [0.05, 0.1) is 24.9 Å². The highest BCUT2D eigenvalue weighted by molar-refractivity contribution is 5.83. The number of rotatable bonds is 6. The van der Waals surface area contributed by atoms with E-state index in [-0.39, 0.29) is 24.5 Å². The summed E-state index contributed by atoms with van der Waals surface area (Å²) < 4.78 is 34.9. The maximum Gasteiger partial charge on any atom is 0.437 e. The topological polar surface area (TPSA) is 81.5 Å². The van der Waals surface area contributed by atoms with Crippen molar-refractivity contribution in [2.24, 2.45) is 12.0 Å². The van der Waals surface area contributed by atoms with Crippen LogP contribution >= 0.6 is 0 Å². The van der Waals surface area contributed by atoms with E-state index in [4.69, 9.17) is 4.42 Å². The zero-order valence-corrected chi connectivity index (χ0v) is 16.5. The van der Waals surface area contributed by atoms with Gasteiger partial charge in [0.15, 0.2) is 5.82 Å². The fourth-order valence-electron chi connectivity index (χ4n) is 3.21. The molecule has 3 aromatic rings. The molecule has 0 unspecified atom stereocenters. The highest BCUT2D eigenvalue weighted by Gasteiger charge is 2.24. The van der Waals surface area contributed by atoms with Gasteiger partial charge in [-0.3, -0.25) is 0 Å². The van der Waals surface area contributed by atoms with E-state index in [1.807, 2.05) is 11.6 Å². The number of hydrogen-bond donors (Lipinski definition) is 0. The van der Waals surface area contributed by atoms with E-state index in [2.05, 4.69) is 21.7 Å². The Kier molecular flexibility index (Phi) is 4.84. The predicted octanol–water partition coefficient (Wildman–Crippen LogP) is 3.07. The van der Waals surface area contributed by atoms with Gasteiger partial charge in [-0.2, -0.15) is 4.68 Å². The first-order chi connectivity index (χ1) is 14.2. The zero-order valence-electron chi connectivity index (χ0n) is 16.5. The number of imidazole rings is 1. The monoisotopic (exact) mass is 414 g/mol. The lowest BCUT2D eigenvalue weighted by molar-refractivity contribution is 0.0174. The Balaban J connectivity index is 1.42. The van der Waals surface area contributed by atoms with Gasteiger partial charge in [-0.05, 0) is 12.0 Å². The number of hydrogen-bond acceptors (Lipinski definition) is 6. The number of aryl methyl sites for hydroxylation is 3. The molecule has 1 aliphatic rings. The molecule has 0 fully saturated rings. The lowest BCUT2D eigenvalue weighted by Crippen LogP contribution is -2.23. The fraction of sp³-hybridized carbons (Fsp3) is 0.300. The molecule has 3 heterocycles. The summed E-state index contributed by atoms with van der Waals surface area (Å²) in [4.78, 5) is 22.3. The molecule has 0 atom stereocenters. The van der Waals surface area contributed by atoms with Crippen LogP contribution < -0.4 is 5.76 Å². The SMILES string of the molecule is C=C1c2c(ncn2C)N=CN1Cc1nn(CCc2ccc(C(C)(F)F)cc2)c(=O)o1. The predicted molar refractivity (Wildman–Crippen MR) is 106 cm³/mol. The Labute approximate surface area is 170 Å². The summed E-state index contributed by atoms with van der Waals surface area (Å²) in [7, 11) is 1.85. The smallest absolute Gasteiger partial charge is 0.390 e. The van der Waals surface area contributed by atoms with Gasteiger partial charge in [0.1, 0.15) is 12.2 Å². The lowest BCUT2D eigenvalue weighted by Gasteiger charge is -2.23. The number of fused-ring (bicyclic) bond motifs is 1. The summed E-state index contributed by atoms with van der Waals surface area (Å²) >= 11 is 0. The van der Waals surface area contributed by atoms with E-state index in [1.54, 1.807) is 29.7 Å². The minimum Gasteiger partial charge on any atom is -0.390 e. The number of aromatic nitrogens is 4. The molecule has 10 heteroatoms. The summed E-state index contributed by atoms with van der Waals surface area (Å²) in [6.07, 6.45) is 3.68. The minimum absolute atomic E-state index is 0.0489. The fourth-order valence-corrected chi connectivity index (χ4v) is 3.21. The van der Waals surface area contributed by atoms with E-state index in [0.717, 1.165) is 18.2 Å². The number of nitrogens with zero attached hydrogens (tertiary/aromatic N) is 6. The third-order valence-electron chi connectivity index (χ3n) is 4.88. The van der Waals surface area contributed by atoms with Gasteiger partial charge in [0.25, 0.3) is 5.92 Å². The Morgan fingerprint density at radius 2 is 1.97 bits per heavy atom. The maximum absolute atomic E-state index is 13.3. The molecule has 0 radical (unpaired) electrons. The largest absolute Gasteiger partial charge is 0.437 e. The third-order valence-corrected chi connectivity index (χ3v) is 4.88. The summed E-state index contributed by atoms with van der Waals surface area (Å²) in [5.41, 5.74) is 2.22. The van der Waals surface area contributed by atoms with Crippen LogP contribution in [0.15, 0.2) is 51.4 Å². The van der Waals surface area contributed by atoms with Crippen LogP contribution in [0, 0.1) is 0 Å². The molecular weight excluding hydrogens is 394 g/mol. The molecule has 4 rings (SSSR count). The van der Waals surface area contributed by atoms with Crippen LogP contribution in [0.25, 0.3) is 5.70 Å². The van der Waals surface area contributed by atoms with Crippen LogP contribution in [0.3, 0.4) is 0 Å². The summed E-state index contributed by atoms with van der Waals surface area (Å²) in [5, 5.41) is 4.23. The molecule has 1 aromatic carbocycles. The molecule has 0 saturated carbocycles. The average molecular weight is 414 g/mol. The quantitative estimate of drug-likeness (QED) is 0.619. The van der Waals surface area contributed by atoms with Crippen LogP contribution in [0.4, 0.5) is 14.6 Å². The van der Waals surface area contributed by atoms with E-state index in [0.29, 0.717) is 17.9 Å². The van der Waals surface area contributed by atoms with Crippen molar-refractivity contribution in [3.63, 3.8) is 0 Å². The van der Waals surface area contributed by atoms with Crippen molar-refractivity contribution >= 4 is 17.9 Å². The first kappa shape index (κ1) is 19.7. The van der Waals surface area contributed by atoms with Gasteiger partial charge in [-0.15, -0.1) is 5.10 Å². The molecule has 0 spiro atoms. The summed E-state index contributed by atoms with van der Waals surface area (Å²) in [5.74, 6) is -2.66. The number of alkyl halides is 2. The van der Waals surface area contributed by atoms with Crippen LogP contribution in [0.1, 0.15) is 29.6 Å². The third kappa shape index (κ3) is 3.80. The van der Waals surface area contributed by atoms with Crippen LogP contribution in [-0.4, -0.2) is 30.6 Å². The van der Waals surface area contributed by atoms with Crippen molar-refractivity contribution < 1.29 is 13.2 Å². The molecule has 1 aliphatic heterocycles. The Bertz CT molecular complexity index is 1170. The van der Waals surface area contributed by atoms with Crippen LogP contribution in [-0.2, 0) is 32.5 Å². The lowest BCUT2D eigenvalue weighted by atomic mass is 10.1. The molecule has 0 bridgehead atoms. The molecule has 30 heavy (non-hydrogen) atoms. The average Bonchev–Trinajstić information content (AvgIpc) is 3.24. The van der Waals surface area contributed by atoms with Crippen molar-refractivity contribution in [1.82, 2.24) is 24.2 Å². The molecule has 2 aromatic heterocycles. The van der Waals surface area contributed by atoms with Gasteiger partial charge in [0, 0.05) is 19.5 Å². The van der Waals surface area contributed by atoms with Crippen molar-refractivity contribution in [1.29, 1.82) is 0 Å². The molecule has 0 amide bonds. The number of benzene rings is 1. The van der Waals surface area contributed by atoms with Crippen molar-refractivity contribution in [3.8, 4) is 0 Å². The van der Waals surface area contributed by atoms with E-state index < -0.39 is 11.7 Å². The minimum atomic E-state index is -2.88. The second-order valence-electron chi connectivity index (χ2n) is 7.17. The van der Waals surface area contributed by atoms with Crippen molar-refractivity contribution in [2.45, 2.75) is 32.4 Å². The van der Waals surface area contributed by atoms with Crippen molar-refractivity contribution in [3.05, 3.63) is 70.4 Å². The summed E-state index contributed by atoms with van der Waals surface area (Å²) in [6.45, 7) is 5.38.